The number of aliphatic hydroxyl groups is 1. The topological polar surface area (TPSA) is 154 Å². The number of amides is 1. The average Bonchev–Trinajstić information content (AvgIpc) is 3.38. The molecule has 1 N–H and O–H groups in total. The van der Waals surface area contributed by atoms with Crippen molar-refractivity contribution in [3.63, 3.8) is 0 Å². The van der Waals surface area contributed by atoms with Crippen LogP contribution < -0.4 is 4.74 Å². The highest BCUT2D eigenvalue weighted by atomic mass is 16.7. The van der Waals surface area contributed by atoms with E-state index in [9.17, 15) is 24.3 Å². The Morgan fingerprint density at radius 1 is 1.13 bits per heavy atom. The van der Waals surface area contributed by atoms with Gasteiger partial charge in [0.05, 0.1) is 29.3 Å². The SMILES string of the molecule is CC[C@@H]1C[C@H](OC(C)=O)[C@@H](OC(C)=O)[C@H](Oc2ccc3nc4c(cc3c2CN(C)C)CN2C(=O)C3COC(=O)[C@](O)(CC)C3CC42)O1. The van der Waals surface area contributed by atoms with Gasteiger partial charge in [0.15, 0.2) is 5.60 Å². The van der Waals surface area contributed by atoms with Gasteiger partial charge in [0, 0.05) is 50.2 Å². The zero-order chi connectivity index (χ0) is 33.8. The predicted molar refractivity (Wildman–Crippen MR) is 166 cm³/mol. The maximum absolute atomic E-state index is 13.7. The number of benzene rings is 1. The molecular weight excluding hydrogens is 610 g/mol. The minimum Gasteiger partial charge on any atom is -0.463 e. The van der Waals surface area contributed by atoms with E-state index in [4.69, 9.17) is 28.7 Å². The molecule has 0 spiro atoms. The number of hydrogen-bond acceptors (Lipinski definition) is 12. The van der Waals surface area contributed by atoms with Gasteiger partial charge in [-0.05, 0) is 57.1 Å². The second-order valence-corrected chi connectivity index (χ2v) is 13.3. The van der Waals surface area contributed by atoms with Gasteiger partial charge >= 0.3 is 17.9 Å². The van der Waals surface area contributed by atoms with Crippen LogP contribution in [0.25, 0.3) is 10.9 Å². The molecule has 2 aromatic rings. The number of carbonyl (C=O) groups excluding carboxylic acids is 4. The molecule has 4 aliphatic rings. The molecule has 254 valence electrons. The molecule has 1 amide bonds. The fraction of sp³-hybridized carbons (Fsp3) is 0.618. The predicted octanol–water partition coefficient (Wildman–Crippen LogP) is 2.78. The lowest BCUT2D eigenvalue weighted by molar-refractivity contribution is -0.249. The van der Waals surface area contributed by atoms with Gasteiger partial charge in [-0.1, -0.05) is 13.8 Å². The van der Waals surface area contributed by atoms with Gasteiger partial charge in [0.25, 0.3) is 0 Å². The molecule has 0 saturated carbocycles. The van der Waals surface area contributed by atoms with Gasteiger partial charge in [-0.2, -0.15) is 0 Å². The first-order chi connectivity index (χ1) is 22.3. The Morgan fingerprint density at radius 2 is 1.87 bits per heavy atom. The second kappa shape index (κ2) is 12.7. The first-order valence-electron chi connectivity index (χ1n) is 16.3. The normalized spacial score (nSPS) is 31.6. The van der Waals surface area contributed by atoms with Crippen molar-refractivity contribution >= 4 is 34.7 Å². The van der Waals surface area contributed by atoms with Crippen molar-refractivity contribution in [3.8, 4) is 5.75 Å². The second-order valence-electron chi connectivity index (χ2n) is 13.3. The summed E-state index contributed by atoms with van der Waals surface area (Å²) in [6.45, 7) is 7.06. The zero-order valence-corrected chi connectivity index (χ0v) is 27.7. The minimum atomic E-state index is -1.72. The third-order valence-electron chi connectivity index (χ3n) is 9.92. The smallest absolute Gasteiger partial charge is 0.338 e. The zero-order valence-electron chi connectivity index (χ0n) is 27.7. The lowest BCUT2D eigenvalue weighted by Crippen LogP contribution is -2.61. The molecule has 0 aliphatic carbocycles. The molecule has 47 heavy (non-hydrogen) atoms. The summed E-state index contributed by atoms with van der Waals surface area (Å²) in [7, 11) is 3.87. The van der Waals surface area contributed by atoms with Gasteiger partial charge in [-0.3, -0.25) is 19.4 Å². The van der Waals surface area contributed by atoms with Crippen molar-refractivity contribution in [2.24, 2.45) is 11.8 Å². The van der Waals surface area contributed by atoms with E-state index in [-0.39, 0.29) is 31.1 Å². The largest absolute Gasteiger partial charge is 0.463 e. The number of carbonyl (C=O) groups is 4. The fourth-order valence-corrected chi connectivity index (χ4v) is 7.64. The average molecular weight is 654 g/mol. The quantitative estimate of drug-likeness (QED) is 0.329. The van der Waals surface area contributed by atoms with Crippen LogP contribution in [0.3, 0.4) is 0 Å². The van der Waals surface area contributed by atoms with Crippen molar-refractivity contribution in [1.82, 2.24) is 14.8 Å². The summed E-state index contributed by atoms with van der Waals surface area (Å²) in [6, 6.07) is 5.30. The summed E-state index contributed by atoms with van der Waals surface area (Å²) in [5.74, 6) is -2.53. The first kappa shape index (κ1) is 33.1. The van der Waals surface area contributed by atoms with Gasteiger partial charge in [0.2, 0.25) is 18.3 Å². The number of esters is 3. The number of nitrogens with zero attached hydrogens (tertiary/aromatic N) is 3. The van der Waals surface area contributed by atoms with Gasteiger partial charge in [0.1, 0.15) is 18.5 Å². The van der Waals surface area contributed by atoms with Crippen molar-refractivity contribution in [1.29, 1.82) is 0 Å². The molecule has 13 heteroatoms. The van der Waals surface area contributed by atoms with E-state index >= 15 is 0 Å². The third-order valence-corrected chi connectivity index (χ3v) is 9.92. The summed E-state index contributed by atoms with van der Waals surface area (Å²) < 4.78 is 29.2. The summed E-state index contributed by atoms with van der Waals surface area (Å²) >= 11 is 0. The summed E-state index contributed by atoms with van der Waals surface area (Å²) in [5.41, 5.74) is 1.44. The molecular formula is C34H43N3O10. The molecule has 8 atom stereocenters. The van der Waals surface area contributed by atoms with E-state index < -0.39 is 53.8 Å². The third kappa shape index (κ3) is 5.93. The number of aromatic nitrogens is 1. The van der Waals surface area contributed by atoms with Gasteiger partial charge in [-0.15, -0.1) is 0 Å². The Balaban J connectivity index is 1.37. The highest BCUT2D eigenvalue weighted by Crippen LogP contribution is 2.50. The molecule has 1 aromatic carbocycles. The van der Waals surface area contributed by atoms with E-state index in [0.717, 1.165) is 22.2 Å². The van der Waals surface area contributed by atoms with E-state index in [0.29, 0.717) is 43.6 Å². The molecule has 6 rings (SSSR count). The molecule has 1 aromatic heterocycles. The van der Waals surface area contributed by atoms with Crippen LogP contribution in [-0.2, 0) is 51.2 Å². The Bertz CT molecular complexity index is 1600. The number of hydrogen-bond donors (Lipinski definition) is 1. The van der Waals surface area contributed by atoms with Crippen LogP contribution in [0.1, 0.15) is 76.2 Å². The molecule has 3 unspecified atom stereocenters. The van der Waals surface area contributed by atoms with Crippen molar-refractivity contribution in [2.45, 2.75) is 103 Å². The highest BCUT2D eigenvalue weighted by molar-refractivity contribution is 5.89. The van der Waals surface area contributed by atoms with Gasteiger partial charge < -0.3 is 38.6 Å². The Labute approximate surface area is 273 Å². The van der Waals surface area contributed by atoms with E-state index in [1.807, 2.05) is 38.1 Å². The van der Waals surface area contributed by atoms with Crippen LogP contribution in [0.2, 0.25) is 0 Å². The standard InChI is InChI=1S/C34H43N3O10/c1-7-20-12-28(44-17(3)38)30(45-18(4)39)32(46-20)47-27-10-9-25-21(22(27)15-36(5)6)11-19-14-37-26(29(19)35-25)13-24-23(31(37)40)16-43-33(41)34(24,42)8-2/h9-11,20,23-24,26,28,30,32,42H,7-8,12-16H2,1-6H3/t20-,23?,24?,26?,28+,30-,32+,34+/m1/s1. The molecule has 13 nitrogen and oxygen atoms in total. The van der Waals surface area contributed by atoms with E-state index in [1.54, 1.807) is 17.9 Å². The van der Waals surface area contributed by atoms with Crippen LogP contribution in [0.15, 0.2) is 18.2 Å². The molecule has 4 aliphatic heterocycles. The van der Waals surface area contributed by atoms with Gasteiger partial charge in [-0.25, -0.2) is 4.79 Å². The number of pyridine rings is 1. The van der Waals surface area contributed by atoms with Crippen LogP contribution in [-0.4, -0.2) is 94.6 Å². The lowest BCUT2D eigenvalue weighted by atomic mass is 9.69. The molecule has 3 saturated heterocycles. The Hall–Kier alpha value is -3.81. The van der Waals surface area contributed by atoms with E-state index in [2.05, 4.69) is 0 Å². The lowest BCUT2D eigenvalue weighted by Gasteiger charge is -2.48. The maximum atomic E-state index is 13.7. The van der Waals surface area contributed by atoms with Crippen LogP contribution in [0, 0.1) is 11.8 Å². The number of ether oxygens (including phenoxy) is 5. The number of fused-ring (bicyclic) bond motifs is 5. The monoisotopic (exact) mass is 653 g/mol. The molecule has 0 radical (unpaired) electrons. The molecule has 0 bridgehead atoms. The highest BCUT2D eigenvalue weighted by Gasteiger charge is 2.59. The van der Waals surface area contributed by atoms with E-state index in [1.165, 1.54) is 13.8 Å². The summed E-state index contributed by atoms with van der Waals surface area (Å²) in [4.78, 5) is 59.3. The molecule has 5 heterocycles. The number of cyclic esters (lactones) is 1. The van der Waals surface area contributed by atoms with Crippen LogP contribution in [0.4, 0.5) is 0 Å². The van der Waals surface area contributed by atoms with Crippen molar-refractivity contribution in [2.75, 3.05) is 20.7 Å². The summed E-state index contributed by atoms with van der Waals surface area (Å²) in [6.07, 6.45) is -1.49. The summed E-state index contributed by atoms with van der Waals surface area (Å²) in [5, 5.41) is 12.1. The molecule has 3 fully saturated rings. The van der Waals surface area contributed by atoms with Crippen LogP contribution >= 0.6 is 0 Å². The maximum Gasteiger partial charge on any atom is 0.338 e. The Kier molecular flexibility index (Phi) is 8.92. The number of piperidine rings is 1. The Morgan fingerprint density at radius 3 is 2.53 bits per heavy atom. The van der Waals surface area contributed by atoms with Crippen molar-refractivity contribution < 1.29 is 48.0 Å². The minimum absolute atomic E-state index is 0.0396. The first-order valence-corrected chi connectivity index (χ1v) is 16.3. The van der Waals surface area contributed by atoms with Crippen LogP contribution in [0.5, 0.6) is 5.75 Å². The van der Waals surface area contributed by atoms with Crippen molar-refractivity contribution in [3.05, 3.63) is 35.0 Å². The fourth-order valence-electron chi connectivity index (χ4n) is 7.64. The number of rotatable bonds is 8.